The number of non-ortho nitro benzene ring substituents is 1. The zero-order valence-corrected chi connectivity index (χ0v) is 18.8. The second-order valence-electron chi connectivity index (χ2n) is 6.50. The first-order chi connectivity index (χ1) is 16.3. The van der Waals surface area contributed by atoms with Crippen LogP contribution in [0.1, 0.15) is 13.3 Å². The molecular formula is C19H29N5O10. The highest BCUT2D eigenvalue weighted by molar-refractivity contribution is 5.77. The van der Waals surface area contributed by atoms with E-state index in [1.165, 1.54) is 12.1 Å². The second kappa shape index (κ2) is 17.1. The molecule has 0 aliphatic rings. The highest BCUT2D eigenvalue weighted by Crippen LogP contribution is 2.28. The van der Waals surface area contributed by atoms with Gasteiger partial charge in [0.25, 0.3) is 11.4 Å². The van der Waals surface area contributed by atoms with Crippen LogP contribution < -0.4 is 16.1 Å². The molecule has 34 heavy (non-hydrogen) atoms. The van der Waals surface area contributed by atoms with Gasteiger partial charge in [-0.3, -0.25) is 34.7 Å². The van der Waals surface area contributed by atoms with E-state index in [1.807, 2.05) is 0 Å². The molecular weight excluding hydrogens is 458 g/mol. The fourth-order valence-electron chi connectivity index (χ4n) is 2.29. The van der Waals surface area contributed by atoms with Gasteiger partial charge in [-0.25, -0.2) is 5.48 Å². The molecule has 15 heteroatoms. The van der Waals surface area contributed by atoms with Crippen LogP contribution in [-0.4, -0.2) is 81.0 Å². The number of hydroxylamine groups is 1. The predicted molar refractivity (Wildman–Crippen MR) is 118 cm³/mol. The van der Waals surface area contributed by atoms with E-state index in [0.29, 0.717) is 6.42 Å². The number of ether oxygens (including phenoxy) is 3. The molecule has 0 saturated heterocycles. The molecule has 0 aliphatic heterocycles. The van der Waals surface area contributed by atoms with Crippen molar-refractivity contribution in [2.24, 2.45) is 0 Å². The molecule has 1 rings (SSSR count). The van der Waals surface area contributed by atoms with Crippen molar-refractivity contribution < 1.29 is 38.5 Å². The van der Waals surface area contributed by atoms with Crippen LogP contribution in [0, 0.1) is 20.2 Å². The topological polar surface area (TPSA) is 193 Å². The van der Waals surface area contributed by atoms with Crippen LogP contribution in [0.25, 0.3) is 0 Å². The highest BCUT2D eigenvalue weighted by Gasteiger charge is 2.18. The average Bonchev–Trinajstić information content (AvgIpc) is 2.81. The van der Waals surface area contributed by atoms with E-state index in [2.05, 4.69) is 16.1 Å². The first-order valence-electron chi connectivity index (χ1n) is 10.4. The van der Waals surface area contributed by atoms with Gasteiger partial charge in [-0.2, -0.15) is 0 Å². The SMILES string of the molecule is CCC(=O)NOCCNC(=O)COCCOCCOCCNc1ccc([N+](=O)[O-])cc1[N+](=O)[O-]. The minimum absolute atomic E-state index is 0.137. The van der Waals surface area contributed by atoms with Gasteiger partial charge in [-0.1, -0.05) is 6.92 Å². The lowest BCUT2D eigenvalue weighted by Crippen LogP contribution is -2.33. The molecule has 0 fully saturated rings. The number of rotatable bonds is 19. The Morgan fingerprint density at radius 1 is 0.882 bits per heavy atom. The molecule has 0 heterocycles. The minimum atomic E-state index is -0.700. The number of nitro benzene ring substituents is 2. The van der Waals surface area contributed by atoms with Crippen molar-refractivity contribution in [3.63, 3.8) is 0 Å². The van der Waals surface area contributed by atoms with E-state index in [4.69, 9.17) is 19.0 Å². The molecule has 0 unspecified atom stereocenters. The molecule has 0 saturated carbocycles. The van der Waals surface area contributed by atoms with Crippen LogP contribution in [0.15, 0.2) is 18.2 Å². The van der Waals surface area contributed by atoms with Crippen molar-refractivity contribution in [3.05, 3.63) is 38.4 Å². The van der Waals surface area contributed by atoms with Crippen molar-refractivity contribution in [1.29, 1.82) is 0 Å². The number of hydrogen-bond donors (Lipinski definition) is 3. The largest absolute Gasteiger partial charge is 0.377 e. The van der Waals surface area contributed by atoms with Crippen molar-refractivity contribution in [2.45, 2.75) is 13.3 Å². The average molecular weight is 487 g/mol. The minimum Gasteiger partial charge on any atom is -0.377 e. The zero-order chi connectivity index (χ0) is 25.2. The smallest absolute Gasteiger partial charge is 0.299 e. The van der Waals surface area contributed by atoms with E-state index in [9.17, 15) is 29.8 Å². The lowest BCUT2D eigenvalue weighted by atomic mass is 10.2. The van der Waals surface area contributed by atoms with Crippen molar-refractivity contribution >= 4 is 28.9 Å². The van der Waals surface area contributed by atoms with Crippen LogP contribution in [0.2, 0.25) is 0 Å². The van der Waals surface area contributed by atoms with E-state index >= 15 is 0 Å². The molecule has 15 nitrogen and oxygen atoms in total. The first kappa shape index (κ1) is 28.6. The molecule has 0 spiro atoms. The number of anilines is 1. The maximum absolute atomic E-state index is 11.5. The summed E-state index contributed by atoms with van der Waals surface area (Å²) in [7, 11) is 0. The van der Waals surface area contributed by atoms with Crippen LogP contribution >= 0.6 is 0 Å². The van der Waals surface area contributed by atoms with Crippen LogP contribution in [0.4, 0.5) is 17.1 Å². The number of nitrogens with zero attached hydrogens (tertiary/aromatic N) is 2. The maximum Gasteiger partial charge on any atom is 0.299 e. The van der Waals surface area contributed by atoms with Gasteiger partial charge in [0.2, 0.25) is 11.8 Å². The Labute approximate surface area is 195 Å². The van der Waals surface area contributed by atoms with Gasteiger partial charge in [0.1, 0.15) is 12.3 Å². The zero-order valence-electron chi connectivity index (χ0n) is 18.8. The summed E-state index contributed by atoms with van der Waals surface area (Å²) >= 11 is 0. The number of carbonyl (C=O) groups excluding carboxylic acids is 2. The van der Waals surface area contributed by atoms with Crippen molar-refractivity contribution in [3.8, 4) is 0 Å². The number of nitrogens with one attached hydrogen (secondary N) is 3. The first-order valence-corrected chi connectivity index (χ1v) is 10.4. The molecule has 190 valence electrons. The lowest BCUT2D eigenvalue weighted by Gasteiger charge is -2.09. The Morgan fingerprint density at radius 3 is 2.21 bits per heavy atom. The van der Waals surface area contributed by atoms with Crippen LogP contribution in [-0.2, 0) is 28.6 Å². The third kappa shape index (κ3) is 12.6. The summed E-state index contributed by atoms with van der Waals surface area (Å²) in [6, 6.07) is 3.35. The third-order valence-corrected chi connectivity index (χ3v) is 3.96. The molecule has 0 radical (unpaired) electrons. The van der Waals surface area contributed by atoms with E-state index in [0.717, 1.165) is 6.07 Å². The number of carbonyl (C=O) groups is 2. The third-order valence-electron chi connectivity index (χ3n) is 3.96. The van der Waals surface area contributed by atoms with Gasteiger partial charge >= 0.3 is 0 Å². The fraction of sp³-hybridized carbons (Fsp3) is 0.579. The van der Waals surface area contributed by atoms with Crippen molar-refractivity contribution in [2.75, 3.05) is 64.7 Å². The van der Waals surface area contributed by atoms with E-state index < -0.39 is 9.85 Å². The number of hydrogen-bond acceptors (Lipinski definition) is 11. The summed E-state index contributed by atoms with van der Waals surface area (Å²) in [6.45, 7) is 3.45. The number of benzene rings is 1. The van der Waals surface area contributed by atoms with Crippen molar-refractivity contribution in [1.82, 2.24) is 10.8 Å². The normalized spacial score (nSPS) is 10.5. The van der Waals surface area contributed by atoms with Gasteiger partial charge in [-0.15, -0.1) is 0 Å². The van der Waals surface area contributed by atoms with E-state index in [1.54, 1.807) is 6.92 Å². The highest BCUT2D eigenvalue weighted by atomic mass is 16.7. The molecule has 0 bridgehead atoms. The van der Waals surface area contributed by atoms with Gasteiger partial charge in [0, 0.05) is 25.6 Å². The van der Waals surface area contributed by atoms with Gasteiger partial charge in [0.15, 0.2) is 0 Å². The molecule has 1 aromatic carbocycles. The van der Waals surface area contributed by atoms with Gasteiger partial charge < -0.3 is 24.8 Å². The molecule has 0 aliphatic carbocycles. The maximum atomic E-state index is 11.5. The Bertz CT molecular complexity index is 808. The summed E-state index contributed by atoms with van der Waals surface area (Å²) in [5, 5.41) is 27.2. The molecule has 0 atom stereocenters. The summed E-state index contributed by atoms with van der Waals surface area (Å²) in [6.07, 6.45) is 0.308. The summed E-state index contributed by atoms with van der Waals surface area (Å²) < 4.78 is 15.8. The summed E-state index contributed by atoms with van der Waals surface area (Å²) in [5.74, 6) is -0.570. The van der Waals surface area contributed by atoms with Crippen LogP contribution in [0.5, 0.6) is 0 Å². The van der Waals surface area contributed by atoms with Gasteiger partial charge in [-0.05, 0) is 6.07 Å². The number of amides is 2. The Balaban J connectivity index is 2.00. The standard InChI is InChI=1S/C19H29N5O10/c1-2-18(25)22-34-8-6-21-19(26)14-33-12-11-32-10-9-31-7-5-20-16-4-3-15(23(27)28)13-17(16)24(29)30/h3-4,13,20H,2,5-12,14H2,1H3,(H,21,26)(H,22,25). The monoisotopic (exact) mass is 487 g/mol. The molecule has 3 N–H and O–H groups in total. The number of nitro groups is 2. The van der Waals surface area contributed by atoms with Gasteiger partial charge in [0.05, 0.1) is 55.6 Å². The lowest BCUT2D eigenvalue weighted by molar-refractivity contribution is -0.393. The quantitative estimate of drug-likeness (QED) is 0.140. The summed E-state index contributed by atoms with van der Waals surface area (Å²) in [4.78, 5) is 47.7. The Kier molecular flexibility index (Phi) is 14.4. The molecule has 0 aromatic heterocycles. The van der Waals surface area contributed by atoms with E-state index in [-0.39, 0.29) is 88.2 Å². The predicted octanol–water partition coefficient (Wildman–Crippen LogP) is 0.539. The Morgan fingerprint density at radius 2 is 1.56 bits per heavy atom. The molecule has 1 aromatic rings. The Hall–Kier alpha value is -3.40. The molecule has 2 amide bonds. The summed E-state index contributed by atoms with van der Waals surface area (Å²) in [5.41, 5.74) is 1.62. The second-order valence-corrected chi connectivity index (χ2v) is 6.50. The van der Waals surface area contributed by atoms with Crippen LogP contribution in [0.3, 0.4) is 0 Å². The fourth-order valence-corrected chi connectivity index (χ4v) is 2.29.